The smallest absolute Gasteiger partial charge is 0.355 e. The lowest BCUT2D eigenvalue weighted by Gasteiger charge is -2.17. The number of aromatic nitrogens is 3. The molecule has 1 aromatic heterocycles. The van der Waals surface area contributed by atoms with Crippen molar-refractivity contribution in [3.8, 4) is 5.69 Å². The second kappa shape index (κ2) is 19.9. The van der Waals surface area contributed by atoms with Crippen LogP contribution >= 0.6 is 30.6 Å². The van der Waals surface area contributed by atoms with Crippen LogP contribution in [0.15, 0.2) is 23.0 Å². The van der Waals surface area contributed by atoms with Crippen LogP contribution in [0.25, 0.3) is 5.69 Å². The first-order valence-electron chi connectivity index (χ1n) is 15.6. The molecular weight excluding hydrogens is 808 g/mol. The summed E-state index contributed by atoms with van der Waals surface area (Å²) in [7, 11) is -6.75. The Kier molecular flexibility index (Phi) is 17.6. The second-order valence-electron chi connectivity index (χ2n) is 11.8. The number of halogens is 4. The molecule has 2 aromatic carbocycles. The quantitative estimate of drug-likeness (QED) is 0.0726. The van der Waals surface area contributed by atoms with Gasteiger partial charge >= 0.3 is 23.9 Å². The third-order valence-electron chi connectivity index (χ3n) is 7.41. The number of sulfonamides is 1. The van der Waals surface area contributed by atoms with E-state index in [2.05, 4.69) is 15.1 Å². The van der Waals surface area contributed by atoms with E-state index in [0.29, 0.717) is 15.8 Å². The van der Waals surface area contributed by atoms with Crippen LogP contribution in [0, 0.1) is 41.0 Å². The molecular formula is C29H41Cl2F2N8O11PS. The summed E-state index contributed by atoms with van der Waals surface area (Å²) in [6, 6.07) is 2.63. The largest absolute Gasteiger partial charge is 0.480 e. The molecule has 6 N–H and O–H groups in total. The minimum atomic E-state index is -3.65. The van der Waals surface area contributed by atoms with E-state index in [1.807, 2.05) is 13.8 Å². The van der Waals surface area contributed by atoms with Gasteiger partial charge in [-0.2, -0.15) is 13.5 Å². The molecule has 302 valence electrons. The van der Waals surface area contributed by atoms with Crippen molar-refractivity contribution in [2.75, 3.05) is 29.1 Å². The number of anilines is 2. The van der Waals surface area contributed by atoms with Crippen molar-refractivity contribution in [3.05, 3.63) is 75.9 Å². The predicted molar refractivity (Wildman–Crippen MR) is 200 cm³/mol. The molecule has 0 fully saturated rings. The number of nitro groups is 2. The number of benzene rings is 2. The van der Waals surface area contributed by atoms with Crippen molar-refractivity contribution in [2.45, 2.75) is 72.5 Å². The standard InChI is InChI=1S/C13H19N3O4.C11H10Cl2F2N4O3S.C5H12NO4P/c1-5-10(6-2)14-12-11(15(17)18)7-8(3)9(4)13(12)16(19)20;1-5-16-19(11(20)18(5)10(14)15)9-4-8(17-23(2,21)22)6(12)3-7(9)13;1-11(9,10)3-2-4(6)5(7)8/h7,10,14H,5-6H2,1-4H3;3-4,10,17H,1-2H3;4H,2-3,6H2,1H3,(H,7,8)(H,9,10). The molecule has 2 atom stereocenters. The van der Waals surface area contributed by atoms with Gasteiger partial charge in [0, 0.05) is 30.5 Å². The Bertz CT molecular complexity index is 2070. The molecule has 0 radical (unpaired) electrons. The number of hydrogen-bond donors (Lipinski definition) is 5. The van der Waals surface area contributed by atoms with Crippen molar-refractivity contribution in [1.29, 1.82) is 0 Å². The van der Waals surface area contributed by atoms with Crippen LogP contribution < -0.4 is 21.5 Å². The fraction of sp³-hybridized carbons (Fsp3) is 0.483. The lowest BCUT2D eigenvalue weighted by Crippen LogP contribution is -2.30. The topological polar surface area (TPSA) is 285 Å². The molecule has 0 bridgehead atoms. The molecule has 0 spiro atoms. The third kappa shape index (κ3) is 13.9. The van der Waals surface area contributed by atoms with E-state index in [0.717, 1.165) is 25.2 Å². The van der Waals surface area contributed by atoms with Gasteiger partial charge in [0.2, 0.25) is 10.0 Å². The summed E-state index contributed by atoms with van der Waals surface area (Å²) in [6.07, 6.45) is 2.37. The Hall–Kier alpha value is -4.21. The Morgan fingerprint density at radius 2 is 1.65 bits per heavy atom. The van der Waals surface area contributed by atoms with Gasteiger partial charge in [-0.05, 0) is 57.7 Å². The Balaban J connectivity index is 0.000000431. The maximum absolute atomic E-state index is 12.8. The van der Waals surface area contributed by atoms with Gasteiger partial charge in [-0.3, -0.25) is 34.3 Å². The van der Waals surface area contributed by atoms with Gasteiger partial charge < -0.3 is 21.1 Å². The zero-order valence-corrected chi connectivity index (χ0v) is 33.3. The first-order valence-corrected chi connectivity index (χ1v) is 20.5. The number of nitro benzene ring substituents is 2. The maximum Gasteiger partial charge on any atom is 0.355 e. The Morgan fingerprint density at radius 3 is 2.06 bits per heavy atom. The highest BCUT2D eigenvalue weighted by Crippen LogP contribution is 2.40. The summed E-state index contributed by atoms with van der Waals surface area (Å²) in [5, 5.41) is 37.3. The zero-order chi connectivity index (χ0) is 42.0. The number of rotatable bonds is 14. The van der Waals surface area contributed by atoms with Gasteiger partial charge in [0.25, 0.3) is 5.69 Å². The molecule has 0 saturated carbocycles. The molecule has 3 aromatic rings. The summed E-state index contributed by atoms with van der Waals surface area (Å²) in [5.41, 5.74) is 4.38. The van der Waals surface area contributed by atoms with E-state index in [1.165, 1.54) is 25.7 Å². The first kappa shape index (κ1) is 47.8. The summed E-state index contributed by atoms with van der Waals surface area (Å²) in [6.45, 7) is 6.44. The highest BCUT2D eigenvalue weighted by atomic mass is 35.5. The van der Waals surface area contributed by atoms with Gasteiger partial charge in [0.15, 0.2) is 13.1 Å². The van der Waals surface area contributed by atoms with Crippen LogP contribution in [0.4, 0.5) is 31.5 Å². The predicted octanol–water partition coefficient (Wildman–Crippen LogP) is 5.82. The average molecular weight is 850 g/mol. The van der Waals surface area contributed by atoms with Crippen molar-refractivity contribution in [2.24, 2.45) is 5.73 Å². The van der Waals surface area contributed by atoms with Gasteiger partial charge in [-0.1, -0.05) is 37.0 Å². The minimum absolute atomic E-state index is 0.0109. The fourth-order valence-corrected chi connectivity index (χ4v) is 6.32. The second-order valence-corrected chi connectivity index (χ2v) is 16.9. The Morgan fingerprint density at radius 1 is 1.09 bits per heavy atom. The highest BCUT2D eigenvalue weighted by Gasteiger charge is 2.30. The number of carboxylic acid groups (broad SMARTS) is 1. The maximum atomic E-state index is 12.8. The molecule has 0 aliphatic carbocycles. The summed E-state index contributed by atoms with van der Waals surface area (Å²) < 4.78 is 61.9. The molecule has 54 heavy (non-hydrogen) atoms. The molecule has 0 aliphatic heterocycles. The lowest BCUT2D eigenvalue weighted by molar-refractivity contribution is -0.392. The zero-order valence-electron chi connectivity index (χ0n) is 30.0. The molecule has 0 saturated heterocycles. The van der Waals surface area contributed by atoms with E-state index in [9.17, 15) is 51.6 Å². The van der Waals surface area contributed by atoms with Crippen molar-refractivity contribution in [1.82, 2.24) is 14.3 Å². The number of alkyl halides is 2. The molecule has 0 amide bonds. The summed E-state index contributed by atoms with van der Waals surface area (Å²) >= 11 is 11.8. The number of nitrogens with zero attached hydrogens (tertiary/aromatic N) is 5. The number of carbonyl (C=O) groups is 1. The first-order chi connectivity index (χ1) is 24.7. The number of nitrogens with two attached hydrogens (primary N) is 1. The van der Waals surface area contributed by atoms with E-state index in [1.54, 1.807) is 13.8 Å². The van der Waals surface area contributed by atoms with E-state index in [-0.39, 0.29) is 67.5 Å². The van der Waals surface area contributed by atoms with Crippen LogP contribution in [0.2, 0.25) is 10.0 Å². The van der Waals surface area contributed by atoms with Crippen LogP contribution in [0.3, 0.4) is 0 Å². The fourth-order valence-electron chi connectivity index (χ4n) is 4.43. The van der Waals surface area contributed by atoms with Crippen LogP contribution in [-0.4, -0.2) is 79.7 Å². The normalized spacial score (nSPS) is 12.9. The molecule has 1 heterocycles. The Labute approximate surface area is 318 Å². The summed E-state index contributed by atoms with van der Waals surface area (Å²) in [5.74, 6) is -1.37. The van der Waals surface area contributed by atoms with Crippen molar-refractivity contribution in [3.63, 3.8) is 0 Å². The van der Waals surface area contributed by atoms with Crippen molar-refractivity contribution >= 4 is 69.3 Å². The minimum Gasteiger partial charge on any atom is -0.480 e. The van der Waals surface area contributed by atoms with Gasteiger partial charge in [0.1, 0.15) is 11.9 Å². The number of hydrogen-bond acceptors (Lipinski definition) is 12. The lowest BCUT2D eigenvalue weighted by atomic mass is 10.0. The number of nitrogens with one attached hydrogen (secondary N) is 2. The number of aliphatic carboxylic acids is 1. The molecule has 3 rings (SSSR count). The van der Waals surface area contributed by atoms with Crippen LogP contribution in [0.1, 0.15) is 56.6 Å². The van der Waals surface area contributed by atoms with Gasteiger partial charge in [0.05, 0.1) is 37.5 Å². The summed E-state index contributed by atoms with van der Waals surface area (Å²) in [4.78, 5) is 52.2. The van der Waals surface area contributed by atoms with E-state index >= 15 is 0 Å². The molecule has 0 aliphatic rings. The molecule has 2 unspecified atom stereocenters. The van der Waals surface area contributed by atoms with Gasteiger partial charge in [-0.25, -0.2) is 17.8 Å². The monoisotopic (exact) mass is 848 g/mol. The number of aryl methyl sites for hydroxylation is 2. The van der Waals surface area contributed by atoms with Gasteiger partial charge in [-0.15, -0.1) is 5.10 Å². The van der Waals surface area contributed by atoms with Crippen LogP contribution in [-0.2, 0) is 19.4 Å². The van der Waals surface area contributed by atoms with Crippen LogP contribution in [0.5, 0.6) is 0 Å². The van der Waals surface area contributed by atoms with E-state index < -0.39 is 51.5 Å². The molecule has 25 heteroatoms. The number of carboxylic acids is 1. The molecule has 19 nitrogen and oxygen atoms in total. The SMILES string of the molecule is CCC(CC)Nc1c([N+](=O)[O-])cc(C)c(C)c1[N+](=O)[O-].CP(=O)(O)CCC(N)C(=O)O.Cc1nn(-c2cc(NS(C)(=O)=O)c(Cl)cc2Cl)c(=O)n1C(F)F. The third-order valence-corrected chi connectivity index (χ3v) is 9.71. The van der Waals surface area contributed by atoms with E-state index in [4.69, 9.17) is 38.9 Å². The highest BCUT2D eigenvalue weighted by molar-refractivity contribution is 7.92. The van der Waals surface area contributed by atoms with Crippen molar-refractivity contribution < 1.29 is 46.4 Å². The average Bonchev–Trinajstić information content (AvgIpc) is 3.33.